The van der Waals surface area contributed by atoms with Gasteiger partial charge in [-0.1, -0.05) is 6.07 Å². The fourth-order valence-electron chi connectivity index (χ4n) is 3.64. The zero-order valence-corrected chi connectivity index (χ0v) is 19.5. The lowest BCUT2D eigenvalue weighted by Crippen LogP contribution is -2.12. The molecular weight excluding hydrogens is 442 g/mol. The van der Waals surface area contributed by atoms with Gasteiger partial charge in [-0.05, 0) is 61.0 Å². The molecule has 9 nitrogen and oxygen atoms in total. The van der Waals surface area contributed by atoms with E-state index in [0.717, 1.165) is 28.0 Å². The van der Waals surface area contributed by atoms with E-state index in [0.29, 0.717) is 28.5 Å². The van der Waals surface area contributed by atoms with Crippen LogP contribution >= 0.6 is 0 Å². The first kappa shape index (κ1) is 22.0. The lowest BCUT2D eigenvalue weighted by Gasteiger charge is -2.13. The number of aryl methyl sites for hydroxylation is 2. The third kappa shape index (κ3) is 4.51. The van der Waals surface area contributed by atoms with Crippen LogP contribution in [0.5, 0.6) is 5.75 Å². The Morgan fingerprint density at radius 3 is 2.60 bits per heavy atom. The summed E-state index contributed by atoms with van der Waals surface area (Å²) in [6, 6.07) is 16.4. The monoisotopic (exact) mass is 465 g/mol. The lowest BCUT2D eigenvalue weighted by atomic mass is 10.1. The molecule has 5 rings (SSSR count). The van der Waals surface area contributed by atoms with Crippen molar-refractivity contribution < 1.29 is 9.53 Å². The van der Waals surface area contributed by atoms with E-state index < -0.39 is 0 Å². The number of nitrogens with zero attached hydrogens (tertiary/aromatic N) is 5. The van der Waals surface area contributed by atoms with E-state index in [2.05, 4.69) is 25.7 Å². The molecule has 5 aromatic rings. The summed E-state index contributed by atoms with van der Waals surface area (Å²) in [7, 11) is 3.44. The van der Waals surface area contributed by atoms with Gasteiger partial charge in [0.15, 0.2) is 11.5 Å². The highest BCUT2D eigenvalue weighted by Crippen LogP contribution is 2.29. The zero-order chi connectivity index (χ0) is 24.4. The van der Waals surface area contributed by atoms with Crippen LogP contribution in [-0.4, -0.2) is 37.7 Å². The summed E-state index contributed by atoms with van der Waals surface area (Å²) in [6.07, 6.45) is 5.15. The van der Waals surface area contributed by atoms with Gasteiger partial charge >= 0.3 is 0 Å². The number of hydrogen-bond donors (Lipinski definition) is 2. The highest BCUT2D eigenvalue weighted by atomic mass is 16.5. The molecule has 0 aliphatic rings. The standard InChI is InChI=1S/C26H23N7O2/c1-16-6-7-17(26(34)29-19-8-10-20(35-3)11-9-19)13-22(16)30-24-21-15-28-33(2)25(21)32-23(31-24)18-5-4-12-27-14-18/h4-15H,1-3H3,(H,29,34)(H,30,31,32). The average Bonchev–Trinajstić information content (AvgIpc) is 3.27. The van der Waals surface area contributed by atoms with E-state index in [-0.39, 0.29) is 5.91 Å². The number of pyridine rings is 1. The molecule has 0 radical (unpaired) electrons. The Balaban J connectivity index is 1.47. The van der Waals surface area contributed by atoms with Gasteiger partial charge in [0, 0.05) is 41.9 Å². The Hall–Kier alpha value is -4.79. The van der Waals surface area contributed by atoms with Crippen LogP contribution in [0.4, 0.5) is 17.2 Å². The SMILES string of the molecule is COc1ccc(NC(=O)c2ccc(C)c(Nc3nc(-c4cccnc4)nc4c3cnn4C)c2)cc1. The van der Waals surface area contributed by atoms with Crippen LogP contribution in [0.3, 0.4) is 0 Å². The Kier molecular flexibility index (Phi) is 5.80. The van der Waals surface area contributed by atoms with Gasteiger partial charge in [0.25, 0.3) is 5.91 Å². The van der Waals surface area contributed by atoms with Gasteiger partial charge in [-0.2, -0.15) is 5.10 Å². The first-order valence-electron chi connectivity index (χ1n) is 10.9. The predicted octanol–water partition coefficient (Wildman–Crippen LogP) is 4.74. The summed E-state index contributed by atoms with van der Waals surface area (Å²) in [6.45, 7) is 1.97. The third-order valence-electron chi connectivity index (χ3n) is 5.61. The normalized spacial score (nSPS) is 10.8. The molecule has 9 heteroatoms. The van der Waals surface area contributed by atoms with Gasteiger partial charge in [-0.3, -0.25) is 14.5 Å². The molecule has 0 saturated heterocycles. The number of carbonyl (C=O) groups excluding carboxylic acids is 1. The van der Waals surface area contributed by atoms with Crippen molar-refractivity contribution in [1.29, 1.82) is 0 Å². The van der Waals surface area contributed by atoms with E-state index in [1.165, 1.54) is 0 Å². The van der Waals surface area contributed by atoms with Crippen LogP contribution in [0, 0.1) is 6.92 Å². The smallest absolute Gasteiger partial charge is 0.255 e. The van der Waals surface area contributed by atoms with Crippen molar-refractivity contribution in [3.8, 4) is 17.1 Å². The maximum atomic E-state index is 12.9. The van der Waals surface area contributed by atoms with Crippen molar-refractivity contribution in [2.24, 2.45) is 7.05 Å². The second-order valence-electron chi connectivity index (χ2n) is 7.98. The fourth-order valence-corrected chi connectivity index (χ4v) is 3.64. The highest BCUT2D eigenvalue weighted by molar-refractivity contribution is 6.05. The Bertz CT molecular complexity index is 1510. The third-order valence-corrected chi connectivity index (χ3v) is 5.61. The summed E-state index contributed by atoms with van der Waals surface area (Å²) in [5, 5.41) is 11.4. The minimum atomic E-state index is -0.219. The molecule has 3 aromatic heterocycles. The van der Waals surface area contributed by atoms with Crippen LogP contribution in [0.1, 0.15) is 15.9 Å². The molecule has 2 N–H and O–H groups in total. The number of benzene rings is 2. The van der Waals surface area contributed by atoms with Crippen LogP contribution in [0.15, 0.2) is 73.2 Å². The molecule has 1 amide bonds. The van der Waals surface area contributed by atoms with Crippen LogP contribution in [0.25, 0.3) is 22.4 Å². The maximum absolute atomic E-state index is 12.9. The molecule has 0 spiro atoms. The topological polar surface area (TPSA) is 107 Å². The van der Waals surface area contributed by atoms with Gasteiger partial charge in [-0.15, -0.1) is 0 Å². The second-order valence-corrected chi connectivity index (χ2v) is 7.98. The molecule has 174 valence electrons. The zero-order valence-electron chi connectivity index (χ0n) is 19.5. The molecular formula is C26H23N7O2. The van der Waals surface area contributed by atoms with Crippen molar-refractivity contribution in [2.75, 3.05) is 17.7 Å². The molecule has 35 heavy (non-hydrogen) atoms. The summed E-state index contributed by atoms with van der Waals surface area (Å²) in [5.74, 6) is 1.63. The number of hydrogen-bond acceptors (Lipinski definition) is 7. The van der Waals surface area contributed by atoms with Crippen molar-refractivity contribution in [2.45, 2.75) is 6.92 Å². The average molecular weight is 466 g/mol. The number of ether oxygens (including phenoxy) is 1. The largest absolute Gasteiger partial charge is 0.497 e. The number of anilines is 3. The highest BCUT2D eigenvalue weighted by Gasteiger charge is 2.15. The number of aromatic nitrogens is 5. The second kappa shape index (κ2) is 9.22. The van der Waals surface area contributed by atoms with Crippen LogP contribution in [0.2, 0.25) is 0 Å². The first-order valence-corrected chi connectivity index (χ1v) is 10.9. The van der Waals surface area contributed by atoms with Crippen molar-refractivity contribution in [1.82, 2.24) is 24.7 Å². The van der Waals surface area contributed by atoms with E-state index in [1.807, 2.05) is 38.2 Å². The molecule has 0 atom stereocenters. The van der Waals surface area contributed by atoms with Crippen LogP contribution in [-0.2, 0) is 7.05 Å². The lowest BCUT2D eigenvalue weighted by molar-refractivity contribution is 0.102. The molecule has 0 saturated carbocycles. The molecule has 3 heterocycles. The quantitative estimate of drug-likeness (QED) is 0.373. The Morgan fingerprint density at radius 2 is 1.86 bits per heavy atom. The van der Waals surface area contributed by atoms with E-state index in [4.69, 9.17) is 9.72 Å². The van der Waals surface area contributed by atoms with E-state index >= 15 is 0 Å². The summed E-state index contributed by atoms with van der Waals surface area (Å²) in [5.41, 5.74) is 4.39. The summed E-state index contributed by atoms with van der Waals surface area (Å²) < 4.78 is 6.87. The van der Waals surface area contributed by atoms with Crippen molar-refractivity contribution in [3.63, 3.8) is 0 Å². The minimum Gasteiger partial charge on any atom is -0.497 e. The number of nitrogens with one attached hydrogen (secondary N) is 2. The van der Waals surface area contributed by atoms with Crippen molar-refractivity contribution in [3.05, 3.63) is 84.3 Å². The maximum Gasteiger partial charge on any atom is 0.255 e. The molecule has 0 aliphatic heterocycles. The van der Waals surface area contributed by atoms with Gasteiger partial charge in [0.1, 0.15) is 11.6 Å². The van der Waals surface area contributed by atoms with E-state index in [9.17, 15) is 4.79 Å². The fraction of sp³-hybridized carbons (Fsp3) is 0.115. The number of amides is 1. The minimum absolute atomic E-state index is 0.219. The summed E-state index contributed by atoms with van der Waals surface area (Å²) in [4.78, 5) is 26.5. The Morgan fingerprint density at radius 1 is 1.03 bits per heavy atom. The van der Waals surface area contributed by atoms with Gasteiger partial charge in [-0.25, -0.2) is 9.97 Å². The number of rotatable bonds is 6. The molecule has 0 bridgehead atoms. The predicted molar refractivity (Wildman–Crippen MR) is 135 cm³/mol. The number of fused-ring (bicyclic) bond motifs is 1. The molecule has 0 unspecified atom stereocenters. The Labute approximate surface area is 201 Å². The summed E-state index contributed by atoms with van der Waals surface area (Å²) >= 11 is 0. The first-order chi connectivity index (χ1) is 17.0. The van der Waals surface area contributed by atoms with Gasteiger partial charge in [0.05, 0.1) is 18.7 Å². The number of carbonyl (C=O) groups is 1. The van der Waals surface area contributed by atoms with Crippen molar-refractivity contribution >= 4 is 34.1 Å². The molecule has 0 fully saturated rings. The number of methoxy groups -OCH3 is 1. The molecule has 0 aliphatic carbocycles. The van der Waals surface area contributed by atoms with Gasteiger partial charge in [0.2, 0.25) is 0 Å². The molecule has 2 aromatic carbocycles. The van der Waals surface area contributed by atoms with E-state index in [1.54, 1.807) is 60.7 Å². The van der Waals surface area contributed by atoms with Gasteiger partial charge < -0.3 is 15.4 Å². The van der Waals surface area contributed by atoms with Crippen LogP contribution < -0.4 is 15.4 Å².